The Balaban J connectivity index is 1.13. The van der Waals surface area contributed by atoms with E-state index in [1.165, 1.54) is 25.7 Å². The fourth-order valence-corrected chi connectivity index (χ4v) is 12.1. The van der Waals surface area contributed by atoms with Crippen molar-refractivity contribution >= 4 is 21.8 Å². The van der Waals surface area contributed by atoms with Gasteiger partial charge >= 0.3 is 0 Å². The average molecular weight is 881 g/mol. The molecule has 4 aromatic carbocycles. The first kappa shape index (κ1) is 42.5. The summed E-state index contributed by atoms with van der Waals surface area (Å²) in [7, 11) is 3.44. The first-order valence-corrected chi connectivity index (χ1v) is 24.2. The van der Waals surface area contributed by atoms with E-state index >= 15 is 0 Å². The highest BCUT2D eigenvalue weighted by molar-refractivity contribution is 5.85. The molecule has 9 heterocycles. The molecule has 10 atom stereocenters. The molecule has 338 valence electrons. The predicted molar refractivity (Wildman–Crippen MR) is 260 cm³/mol. The average Bonchev–Trinajstić information content (AvgIpc) is 3.39. The van der Waals surface area contributed by atoms with Crippen LogP contribution in [0, 0.1) is 23.7 Å². The van der Waals surface area contributed by atoms with E-state index in [0.717, 1.165) is 100 Å². The number of rotatable bonds is 14. The monoisotopic (exact) mass is 880 g/mol. The highest BCUT2D eigenvalue weighted by Crippen LogP contribution is 2.50. The third-order valence-corrected chi connectivity index (χ3v) is 15.6. The van der Waals surface area contributed by atoms with Crippen LogP contribution >= 0.6 is 0 Å². The fraction of sp³-hybridized carbons (Fsp3) is 0.393. The number of hydrogen-bond donors (Lipinski definition) is 0. The number of ether oxygens (including phenoxy) is 4. The van der Waals surface area contributed by atoms with Gasteiger partial charge in [-0.3, -0.25) is 19.8 Å². The summed E-state index contributed by atoms with van der Waals surface area (Å²) in [4.78, 5) is 26.0. The number of pyridine rings is 2. The van der Waals surface area contributed by atoms with Crippen molar-refractivity contribution in [2.45, 2.75) is 76.7 Å². The second-order valence-electron chi connectivity index (χ2n) is 18.9. The Kier molecular flexibility index (Phi) is 11.8. The molecule has 10 heteroatoms. The highest BCUT2D eigenvalue weighted by Gasteiger charge is 2.47. The molecule has 0 saturated carbocycles. The zero-order valence-corrected chi connectivity index (χ0v) is 38.6. The van der Waals surface area contributed by atoms with Crippen LogP contribution in [0.25, 0.3) is 44.3 Å². The Labute approximate surface area is 388 Å². The van der Waals surface area contributed by atoms with Gasteiger partial charge in [-0.05, 0) is 117 Å². The lowest BCUT2D eigenvalue weighted by Crippen LogP contribution is -2.56. The Morgan fingerprint density at radius 3 is 1.47 bits per heavy atom. The van der Waals surface area contributed by atoms with Crippen molar-refractivity contribution in [1.82, 2.24) is 29.7 Å². The molecule has 3 aromatic heterocycles. The summed E-state index contributed by atoms with van der Waals surface area (Å²) in [5.41, 5.74) is 6.48. The molecule has 0 radical (unpaired) electrons. The van der Waals surface area contributed by atoms with Crippen LogP contribution in [-0.4, -0.2) is 82.2 Å². The summed E-state index contributed by atoms with van der Waals surface area (Å²) in [5, 5.41) is 2.02. The molecule has 10 nitrogen and oxygen atoms in total. The number of benzene rings is 4. The van der Waals surface area contributed by atoms with Crippen LogP contribution < -0.4 is 18.9 Å². The molecule has 6 fully saturated rings. The molecular formula is C56H60N6O4. The lowest BCUT2D eigenvalue weighted by molar-refractivity contribution is -0.0510. The van der Waals surface area contributed by atoms with Crippen LogP contribution in [0.5, 0.6) is 23.3 Å². The smallest absolute Gasteiger partial charge is 0.229 e. The maximum Gasteiger partial charge on any atom is 0.229 e. The van der Waals surface area contributed by atoms with Crippen molar-refractivity contribution in [3.63, 3.8) is 0 Å². The number of piperidine rings is 6. The molecule has 13 rings (SSSR count). The molecule has 0 amide bonds. The zero-order chi connectivity index (χ0) is 44.7. The van der Waals surface area contributed by atoms with E-state index < -0.39 is 12.2 Å². The van der Waals surface area contributed by atoms with Gasteiger partial charge in [-0.2, -0.15) is 9.97 Å². The molecule has 4 bridgehead atoms. The molecule has 6 saturated heterocycles. The van der Waals surface area contributed by atoms with Gasteiger partial charge in [-0.15, -0.1) is 0 Å². The van der Waals surface area contributed by atoms with Crippen LogP contribution in [0.2, 0.25) is 0 Å². The molecule has 0 spiro atoms. The summed E-state index contributed by atoms with van der Waals surface area (Å²) in [6.07, 6.45) is 9.90. The molecule has 6 aliphatic heterocycles. The Bertz CT molecular complexity index is 2680. The SMILES string of the molecule is CC[C@@H]1CN2CC[C@@H]1C[C@@H]2[C@H](Oc1nc(-c2ccccc2)nc(O[C@H](c2ccnc3ccc(OC)cc23)[C@H]2C[C@H]3CCN2C[C@@H]3CC)c1-c1ccccc1)c1ccnc2ccc(OC)cc12. The largest absolute Gasteiger partial charge is 0.497 e. The van der Waals surface area contributed by atoms with Gasteiger partial charge < -0.3 is 18.9 Å². The minimum Gasteiger partial charge on any atom is -0.497 e. The Morgan fingerprint density at radius 2 is 1.05 bits per heavy atom. The van der Waals surface area contributed by atoms with E-state index in [0.29, 0.717) is 41.3 Å². The van der Waals surface area contributed by atoms with Crippen LogP contribution in [0.4, 0.5) is 0 Å². The number of hydrogen-bond acceptors (Lipinski definition) is 10. The van der Waals surface area contributed by atoms with Gasteiger partial charge in [-0.1, -0.05) is 87.4 Å². The summed E-state index contributed by atoms with van der Waals surface area (Å²) < 4.78 is 27.2. The lowest BCUT2D eigenvalue weighted by atomic mass is 9.72. The van der Waals surface area contributed by atoms with Gasteiger partial charge in [0.1, 0.15) is 29.3 Å². The van der Waals surface area contributed by atoms with Crippen LogP contribution in [0.1, 0.15) is 75.7 Å². The fourth-order valence-electron chi connectivity index (χ4n) is 12.1. The van der Waals surface area contributed by atoms with E-state index in [4.69, 9.17) is 38.9 Å². The van der Waals surface area contributed by atoms with Crippen LogP contribution in [0.15, 0.2) is 122 Å². The van der Waals surface area contributed by atoms with E-state index in [1.807, 2.05) is 54.9 Å². The van der Waals surface area contributed by atoms with Crippen molar-refractivity contribution in [2.75, 3.05) is 40.4 Å². The number of methoxy groups -OCH3 is 2. The number of fused-ring (bicyclic) bond motifs is 8. The van der Waals surface area contributed by atoms with E-state index in [1.54, 1.807) is 14.2 Å². The molecule has 6 aliphatic rings. The predicted octanol–water partition coefficient (Wildman–Crippen LogP) is 11.4. The lowest BCUT2D eigenvalue weighted by Gasteiger charge is -2.52. The topological polar surface area (TPSA) is 95.0 Å². The molecule has 0 N–H and O–H groups in total. The molecule has 0 aliphatic carbocycles. The van der Waals surface area contributed by atoms with Gasteiger partial charge in [0.25, 0.3) is 0 Å². The zero-order valence-electron chi connectivity index (χ0n) is 38.6. The highest BCUT2D eigenvalue weighted by atomic mass is 16.5. The first-order valence-electron chi connectivity index (χ1n) is 24.2. The van der Waals surface area contributed by atoms with Gasteiger partial charge in [0.05, 0.1) is 37.3 Å². The molecular weight excluding hydrogens is 821 g/mol. The van der Waals surface area contributed by atoms with Gasteiger partial charge in [-0.25, -0.2) is 0 Å². The van der Waals surface area contributed by atoms with Crippen molar-refractivity contribution in [1.29, 1.82) is 0 Å². The van der Waals surface area contributed by atoms with Gasteiger partial charge in [0.15, 0.2) is 5.82 Å². The van der Waals surface area contributed by atoms with Gasteiger partial charge in [0.2, 0.25) is 11.8 Å². The molecule has 7 aromatic rings. The standard InChI is InChI=1S/C56H60N6O4/c1-5-35-33-61-27-23-39(35)29-49(61)52(43-21-25-57-47-19-17-41(63-3)31-45(43)47)65-55-51(37-13-9-7-10-14-37)56(60-54(59-55)38-15-11-8-12-16-38)66-53(50-30-40-24-28-62(50)34-36(40)6-2)44-22-26-58-48-20-18-42(64-4)32-46(44)48/h7-22,25-26,31-32,35-36,39-40,49-50,52-53H,5-6,23-24,27-30,33-34H2,1-4H3/t35-,36+,39-,40-,49-,50-,52-,53-/m1/s1. The molecule has 2 unspecified atom stereocenters. The summed E-state index contributed by atoms with van der Waals surface area (Å²) >= 11 is 0. The van der Waals surface area contributed by atoms with Crippen molar-refractivity contribution < 1.29 is 18.9 Å². The van der Waals surface area contributed by atoms with Crippen LogP contribution in [0.3, 0.4) is 0 Å². The van der Waals surface area contributed by atoms with Crippen molar-refractivity contribution in [2.24, 2.45) is 23.7 Å². The quantitative estimate of drug-likeness (QED) is 0.105. The summed E-state index contributed by atoms with van der Waals surface area (Å²) in [5.74, 6) is 5.70. The number of aromatic nitrogens is 4. The second kappa shape index (κ2) is 18.3. The van der Waals surface area contributed by atoms with E-state index in [-0.39, 0.29) is 12.1 Å². The maximum atomic E-state index is 7.76. The third kappa shape index (κ3) is 7.91. The summed E-state index contributed by atoms with van der Waals surface area (Å²) in [6.45, 7) is 8.88. The minimum atomic E-state index is -0.393. The summed E-state index contributed by atoms with van der Waals surface area (Å²) in [6, 6.07) is 37.4. The normalized spacial score (nSPS) is 25.4. The van der Waals surface area contributed by atoms with Crippen molar-refractivity contribution in [3.8, 4) is 45.8 Å². The Morgan fingerprint density at radius 1 is 0.576 bits per heavy atom. The molecule has 66 heavy (non-hydrogen) atoms. The van der Waals surface area contributed by atoms with E-state index in [2.05, 4.69) is 90.4 Å². The van der Waals surface area contributed by atoms with Crippen LogP contribution in [-0.2, 0) is 0 Å². The van der Waals surface area contributed by atoms with E-state index in [9.17, 15) is 0 Å². The first-order chi connectivity index (χ1) is 32.5. The van der Waals surface area contributed by atoms with Gasteiger partial charge in [0, 0.05) is 52.9 Å². The number of nitrogens with zero attached hydrogens (tertiary/aromatic N) is 6. The minimum absolute atomic E-state index is 0.106. The second-order valence-corrected chi connectivity index (χ2v) is 18.9. The Hall–Kier alpha value is -6.10. The maximum absolute atomic E-state index is 7.76. The third-order valence-electron chi connectivity index (χ3n) is 15.6. The van der Waals surface area contributed by atoms with Crippen molar-refractivity contribution in [3.05, 3.63) is 133 Å².